The Labute approximate surface area is 97.1 Å². The average molecular weight is 226 g/mol. The van der Waals surface area contributed by atoms with Crippen LogP contribution in [0.1, 0.15) is 25.7 Å². The molecule has 3 N–H and O–H groups in total. The molecule has 0 heterocycles. The summed E-state index contributed by atoms with van der Waals surface area (Å²) in [7, 11) is 3.49. The third-order valence-corrected chi connectivity index (χ3v) is 2.89. The van der Waals surface area contributed by atoms with Gasteiger partial charge in [-0.15, -0.1) is 0 Å². The highest BCUT2D eigenvalue weighted by atomic mass is 16.2. The minimum absolute atomic E-state index is 0.0966. The largest absolute Gasteiger partial charge is 0.370 e. The molecule has 0 unspecified atom stereocenters. The van der Waals surface area contributed by atoms with Gasteiger partial charge in [0, 0.05) is 33.6 Å². The van der Waals surface area contributed by atoms with E-state index in [0.717, 1.165) is 12.5 Å². The lowest BCUT2D eigenvalue weighted by Crippen LogP contribution is -2.35. The first-order chi connectivity index (χ1) is 7.59. The van der Waals surface area contributed by atoms with Crippen molar-refractivity contribution in [1.29, 1.82) is 0 Å². The quantitative estimate of drug-likeness (QED) is 0.518. The molecule has 1 amide bonds. The second kappa shape index (κ2) is 6.35. The van der Waals surface area contributed by atoms with Crippen LogP contribution in [0.5, 0.6) is 0 Å². The molecule has 1 fully saturated rings. The van der Waals surface area contributed by atoms with E-state index < -0.39 is 0 Å². The van der Waals surface area contributed by atoms with Crippen LogP contribution in [0.2, 0.25) is 0 Å². The van der Waals surface area contributed by atoms with E-state index in [1.807, 2.05) is 0 Å². The fourth-order valence-corrected chi connectivity index (χ4v) is 1.48. The van der Waals surface area contributed by atoms with Crippen LogP contribution in [0.4, 0.5) is 0 Å². The lowest BCUT2D eigenvalue weighted by atomic mass is 9.86. The number of rotatable bonds is 5. The monoisotopic (exact) mass is 226 g/mol. The molecule has 0 bridgehead atoms. The Hall–Kier alpha value is -1.26. The highest BCUT2D eigenvalue weighted by Crippen LogP contribution is 2.26. The lowest BCUT2D eigenvalue weighted by molar-refractivity contribution is -0.128. The third kappa shape index (κ3) is 4.51. The molecule has 5 heteroatoms. The van der Waals surface area contributed by atoms with E-state index in [4.69, 9.17) is 5.73 Å². The Morgan fingerprint density at radius 2 is 2.19 bits per heavy atom. The Morgan fingerprint density at radius 1 is 1.50 bits per heavy atom. The van der Waals surface area contributed by atoms with Crippen LogP contribution in [0.25, 0.3) is 0 Å². The zero-order valence-electron chi connectivity index (χ0n) is 10.2. The standard InChI is InChI=1S/C11H22N4O/c1-15(2)10(16)6-7-13-11(12)14-8-9-4-3-5-9/h9H,3-8H2,1-2H3,(H3,12,13,14). The smallest absolute Gasteiger partial charge is 0.223 e. The number of hydrogen-bond donors (Lipinski definition) is 2. The van der Waals surface area contributed by atoms with Gasteiger partial charge in [0.05, 0.1) is 0 Å². The summed E-state index contributed by atoms with van der Waals surface area (Å²) in [6.45, 7) is 1.37. The van der Waals surface area contributed by atoms with Crippen molar-refractivity contribution >= 4 is 11.9 Å². The first-order valence-electron chi connectivity index (χ1n) is 5.83. The maximum Gasteiger partial charge on any atom is 0.223 e. The summed E-state index contributed by atoms with van der Waals surface area (Å²) >= 11 is 0. The van der Waals surface area contributed by atoms with Gasteiger partial charge in [0.25, 0.3) is 0 Å². The van der Waals surface area contributed by atoms with Gasteiger partial charge in [-0.05, 0) is 18.8 Å². The summed E-state index contributed by atoms with van der Waals surface area (Å²) < 4.78 is 0. The van der Waals surface area contributed by atoms with Crippen molar-refractivity contribution < 1.29 is 4.79 Å². The number of amides is 1. The van der Waals surface area contributed by atoms with Crippen molar-refractivity contribution in [2.45, 2.75) is 25.7 Å². The first-order valence-corrected chi connectivity index (χ1v) is 5.83. The van der Waals surface area contributed by atoms with Gasteiger partial charge in [-0.25, -0.2) is 0 Å². The summed E-state index contributed by atoms with van der Waals surface area (Å²) in [6.07, 6.45) is 4.32. The molecule has 0 radical (unpaired) electrons. The molecule has 0 aromatic rings. The highest BCUT2D eigenvalue weighted by Gasteiger charge is 2.16. The van der Waals surface area contributed by atoms with E-state index in [1.165, 1.54) is 19.3 Å². The van der Waals surface area contributed by atoms with Gasteiger partial charge in [0.2, 0.25) is 5.91 Å². The van der Waals surface area contributed by atoms with Crippen LogP contribution in [0.15, 0.2) is 4.99 Å². The zero-order valence-corrected chi connectivity index (χ0v) is 10.2. The van der Waals surface area contributed by atoms with E-state index in [2.05, 4.69) is 10.3 Å². The molecule has 0 saturated heterocycles. The molecular formula is C11H22N4O. The SMILES string of the molecule is CN(C)C(=O)CCNC(N)=NCC1CCC1. The molecule has 1 saturated carbocycles. The maximum absolute atomic E-state index is 11.3. The second-order valence-corrected chi connectivity index (χ2v) is 4.49. The molecule has 0 aromatic heterocycles. The molecule has 0 aromatic carbocycles. The third-order valence-electron chi connectivity index (χ3n) is 2.89. The van der Waals surface area contributed by atoms with Crippen molar-refractivity contribution in [3.05, 3.63) is 0 Å². The number of nitrogens with one attached hydrogen (secondary N) is 1. The molecular weight excluding hydrogens is 204 g/mol. The summed E-state index contributed by atoms with van der Waals surface area (Å²) in [5.41, 5.74) is 5.68. The molecule has 0 atom stereocenters. The van der Waals surface area contributed by atoms with Crippen molar-refractivity contribution in [2.24, 2.45) is 16.6 Å². The number of nitrogens with zero attached hydrogens (tertiary/aromatic N) is 2. The van der Waals surface area contributed by atoms with Crippen molar-refractivity contribution in [3.8, 4) is 0 Å². The predicted molar refractivity (Wildman–Crippen MR) is 65.1 cm³/mol. The molecule has 16 heavy (non-hydrogen) atoms. The minimum Gasteiger partial charge on any atom is -0.370 e. The molecule has 5 nitrogen and oxygen atoms in total. The summed E-state index contributed by atoms with van der Waals surface area (Å²) in [5, 5.41) is 2.95. The van der Waals surface area contributed by atoms with Crippen LogP contribution in [0, 0.1) is 5.92 Å². The van der Waals surface area contributed by atoms with E-state index in [0.29, 0.717) is 18.9 Å². The summed E-state index contributed by atoms with van der Waals surface area (Å²) in [4.78, 5) is 17.1. The van der Waals surface area contributed by atoms with Crippen molar-refractivity contribution in [2.75, 3.05) is 27.2 Å². The fourth-order valence-electron chi connectivity index (χ4n) is 1.48. The summed E-state index contributed by atoms with van der Waals surface area (Å²) in [5.74, 6) is 1.28. The number of guanidine groups is 1. The molecule has 1 aliphatic rings. The predicted octanol–water partition coefficient (Wildman–Crippen LogP) is 0.169. The number of hydrogen-bond acceptors (Lipinski definition) is 2. The van der Waals surface area contributed by atoms with Gasteiger partial charge >= 0.3 is 0 Å². The van der Waals surface area contributed by atoms with E-state index in [1.54, 1.807) is 19.0 Å². The minimum atomic E-state index is 0.0966. The number of aliphatic imine (C=N–C) groups is 1. The maximum atomic E-state index is 11.3. The number of carbonyl (C=O) groups is 1. The second-order valence-electron chi connectivity index (χ2n) is 4.49. The highest BCUT2D eigenvalue weighted by molar-refractivity contribution is 5.79. The Balaban J connectivity index is 2.08. The van der Waals surface area contributed by atoms with Crippen LogP contribution in [-0.2, 0) is 4.79 Å². The van der Waals surface area contributed by atoms with Crippen LogP contribution in [-0.4, -0.2) is 44.0 Å². The Morgan fingerprint density at radius 3 is 2.69 bits per heavy atom. The van der Waals surface area contributed by atoms with Gasteiger partial charge in [-0.2, -0.15) is 0 Å². The van der Waals surface area contributed by atoms with Gasteiger partial charge in [-0.1, -0.05) is 6.42 Å². The van der Waals surface area contributed by atoms with Crippen molar-refractivity contribution in [3.63, 3.8) is 0 Å². The fraction of sp³-hybridized carbons (Fsp3) is 0.818. The van der Waals surface area contributed by atoms with Crippen LogP contribution >= 0.6 is 0 Å². The van der Waals surface area contributed by atoms with Gasteiger partial charge in [0.1, 0.15) is 0 Å². The van der Waals surface area contributed by atoms with Gasteiger partial charge in [-0.3, -0.25) is 9.79 Å². The van der Waals surface area contributed by atoms with Gasteiger partial charge in [0.15, 0.2) is 5.96 Å². The van der Waals surface area contributed by atoms with Crippen molar-refractivity contribution in [1.82, 2.24) is 10.2 Å². The lowest BCUT2D eigenvalue weighted by Gasteiger charge is -2.23. The van der Waals surface area contributed by atoms with Gasteiger partial charge < -0.3 is 16.0 Å². The van der Waals surface area contributed by atoms with E-state index in [9.17, 15) is 4.79 Å². The van der Waals surface area contributed by atoms with Crippen LogP contribution < -0.4 is 11.1 Å². The van der Waals surface area contributed by atoms with E-state index in [-0.39, 0.29) is 5.91 Å². The molecule has 0 spiro atoms. The zero-order chi connectivity index (χ0) is 12.0. The molecule has 1 aliphatic carbocycles. The first kappa shape index (κ1) is 12.8. The molecule has 1 rings (SSSR count). The normalized spacial score (nSPS) is 16.8. The topological polar surface area (TPSA) is 70.7 Å². The molecule has 92 valence electrons. The summed E-state index contributed by atoms with van der Waals surface area (Å²) in [6, 6.07) is 0. The van der Waals surface area contributed by atoms with E-state index >= 15 is 0 Å². The van der Waals surface area contributed by atoms with Crippen LogP contribution in [0.3, 0.4) is 0 Å². The molecule has 0 aliphatic heterocycles. The Bertz CT molecular complexity index is 259. The Kier molecular flexibility index (Phi) is 5.08. The number of nitrogens with two attached hydrogens (primary N) is 1. The number of carbonyl (C=O) groups excluding carboxylic acids is 1. The average Bonchev–Trinajstić information content (AvgIpc) is 2.15.